The van der Waals surface area contributed by atoms with Crippen LogP contribution in [0.15, 0.2) is 0 Å². The first-order valence-corrected chi connectivity index (χ1v) is 6.23. The van der Waals surface area contributed by atoms with Gasteiger partial charge in [0.25, 0.3) is 0 Å². The van der Waals surface area contributed by atoms with Crippen molar-refractivity contribution in [1.82, 2.24) is 10.2 Å². The van der Waals surface area contributed by atoms with Crippen molar-refractivity contribution >= 4 is 0 Å². The molecule has 2 unspecified atom stereocenters. The molecule has 1 rings (SSSR count). The van der Waals surface area contributed by atoms with E-state index in [0.717, 1.165) is 12.1 Å². The van der Waals surface area contributed by atoms with Crippen LogP contribution in [-0.2, 0) is 0 Å². The lowest BCUT2D eigenvalue weighted by molar-refractivity contribution is 0.203. The minimum Gasteiger partial charge on any atom is -0.317 e. The second kappa shape index (κ2) is 6.41. The number of hydrogen-bond donors (Lipinski definition) is 1. The first kappa shape index (κ1) is 12.0. The molecule has 0 aliphatic heterocycles. The third-order valence-electron chi connectivity index (χ3n) is 3.53. The Labute approximate surface area is 89.1 Å². The van der Waals surface area contributed by atoms with E-state index in [2.05, 4.69) is 31.1 Å². The maximum Gasteiger partial charge on any atom is 0.0110 e. The lowest BCUT2D eigenvalue weighted by atomic mass is 10.2. The molecule has 2 heteroatoms. The number of rotatable bonds is 6. The van der Waals surface area contributed by atoms with Crippen LogP contribution < -0.4 is 5.32 Å². The van der Waals surface area contributed by atoms with Crippen molar-refractivity contribution in [3.8, 4) is 0 Å². The number of unbranched alkanes of at least 4 members (excludes halogenated alkanes) is 1. The summed E-state index contributed by atoms with van der Waals surface area (Å²) >= 11 is 0. The van der Waals surface area contributed by atoms with Gasteiger partial charge in [-0.3, -0.25) is 0 Å². The second-order valence-electron chi connectivity index (χ2n) is 4.43. The highest BCUT2D eigenvalue weighted by Gasteiger charge is 2.26. The Hall–Kier alpha value is -0.0800. The number of nitrogens with one attached hydrogen (secondary N) is 1. The third-order valence-corrected chi connectivity index (χ3v) is 3.53. The van der Waals surface area contributed by atoms with Crippen molar-refractivity contribution in [2.75, 3.05) is 20.1 Å². The maximum atomic E-state index is 3.40. The van der Waals surface area contributed by atoms with Gasteiger partial charge in [-0.1, -0.05) is 20.3 Å². The van der Waals surface area contributed by atoms with Gasteiger partial charge in [0.2, 0.25) is 0 Å². The summed E-state index contributed by atoms with van der Waals surface area (Å²) in [5, 5.41) is 3.40. The first-order valence-electron chi connectivity index (χ1n) is 6.23. The standard InChI is InChI=1S/C12H26N2/c1-4-6-9-14(5-2)12-8-7-11(10-12)13-3/h11-13H,4-10H2,1-3H3. The quantitative estimate of drug-likeness (QED) is 0.704. The minimum absolute atomic E-state index is 0.774. The monoisotopic (exact) mass is 198 g/mol. The highest BCUT2D eigenvalue weighted by atomic mass is 15.2. The zero-order valence-corrected chi connectivity index (χ0v) is 10.1. The van der Waals surface area contributed by atoms with E-state index >= 15 is 0 Å². The molecule has 0 radical (unpaired) electrons. The van der Waals surface area contributed by atoms with E-state index in [-0.39, 0.29) is 0 Å². The average molecular weight is 198 g/mol. The summed E-state index contributed by atoms with van der Waals surface area (Å²) < 4.78 is 0. The average Bonchev–Trinajstić information content (AvgIpc) is 2.68. The molecule has 1 fully saturated rings. The smallest absolute Gasteiger partial charge is 0.0110 e. The molecule has 0 amide bonds. The molecule has 2 atom stereocenters. The molecule has 0 aromatic carbocycles. The lowest BCUT2D eigenvalue weighted by Crippen LogP contribution is -2.35. The molecule has 0 bridgehead atoms. The van der Waals surface area contributed by atoms with Crippen molar-refractivity contribution in [1.29, 1.82) is 0 Å². The molecule has 0 aromatic heterocycles. The van der Waals surface area contributed by atoms with Gasteiger partial charge >= 0.3 is 0 Å². The molecular weight excluding hydrogens is 172 g/mol. The van der Waals surface area contributed by atoms with E-state index in [1.54, 1.807) is 0 Å². The van der Waals surface area contributed by atoms with Crippen LogP contribution in [0, 0.1) is 0 Å². The summed E-state index contributed by atoms with van der Waals surface area (Å²) in [5.41, 5.74) is 0. The van der Waals surface area contributed by atoms with Crippen molar-refractivity contribution in [3.05, 3.63) is 0 Å². The van der Waals surface area contributed by atoms with Crippen molar-refractivity contribution in [2.24, 2.45) is 0 Å². The normalized spacial score (nSPS) is 27.4. The van der Waals surface area contributed by atoms with Crippen molar-refractivity contribution in [3.63, 3.8) is 0 Å². The van der Waals surface area contributed by atoms with Crippen LogP contribution in [0.1, 0.15) is 46.0 Å². The molecule has 1 N–H and O–H groups in total. The molecule has 1 aliphatic rings. The Balaban J connectivity index is 2.30. The minimum atomic E-state index is 0.774. The molecule has 1 aliphatic carbocycles. The number of hydrogen-bond acceptors (Lipinski definition) is 2. The summed E-state index contributed by atoms with van der Waals surface area (Å²) in [6, 6.07) is 1.62. The summed E-state index contributed by atoms with van der Waals surface area (Å²) in [6.45, 7) is 7.09. The van der Waals surface area contributed by atoms with Crippen LogP contribution in [0.2, 0.25) is 0 Å². The molecular formula is C12H26N2. The molecule has 84 valence electrons. The predicted molar refractivity (Wildman–Crippen MR) is 62.6 cm³/mol. The van der Waals surface area contributed by atoms with Gasteiger partial charge in [0, 0.05) is 12.1 Å². The first-order chi connectivity index (χ1) is 6.81. The Bertz CT molecular complexity index is 147. The van der Waals surface area contributed by atoms with E-state index < -0.39 is 0 Å². The fourth-order valence-corrected chi connectivity index (χ4v) is 2.51. The lowest BCUT2D eigenvalue weighted by Gasteiger charge is -2.27. The van der Waals surface area contributed by atoms with Gasteiger partial charge < -0.3 is 10.2 Å². The second-order valence-corrected chi connectivity index (χ2v) is 4.43. The highest BCUT2D eigenvalue weighted by Crippen LogP contribution is 2.24. The van der Waals surface area contributed by atoms with Crippen LogP contribution in [0.25, 0.3) is 0 Å². The molecule has 1 saturated carbocycles. The highest BCUT2D eigenvalue weighted by molar-refractivity contribution is 4.85. The van der Waals surface area contributed by atoms with Crippen molar-refractivity contribution in [2.45, 2.75) is 58.0 Å². The molecule has 2 nitrogen and oxygen atoms in total. The molecule has 0 aromatic rings. The van der Waals surface area contributed by atoms with E-state index in [1.165, 1.54) is 45.2 Å². The van der Waals surface area contributed by atoms with Crippen LogP contribution in [0.5, 0.6) is 0 Å². The Morgan fingerprint density at radius 2 is 2.07 bits per heavy atom. The zero-order valence-electron chi connectivity index (χ0n) is 10.1. The van der Waals surface area contributed by atoms with E-state index in [0.29, 0.717) is 0 Å². The molecule has 0 saturated heterocycles. The van der Waals surface area contributed by atoms with E-state index in [4.69, 9.17) is 0 Å². The zero-order chi connectivity index (χ0) is 10.4. The third kappa shape index (κ3) is 3.25. The van der Waals surface area contributed by atoms with E-state index in [1.807, 2.05) is 0 Å². The number of nitrogens with zero attached hydrogens (tertiary/aromatic N) is 1. The van der Waals surface area contributed by atoms with Crippen LogP contribution in [-0.4, -0.2) is 37.1 Å². The summed E-state index contributed by atoms with van der Waals surface area (Å²) in [7, 11) is 2.09. The Kier molecular flexibility index (Phi) is 5.49. The van der Waals surface area contributed by atoms with Gasteiger partial charge in [-0.15, -0.1) is 0 Å². The Morgan fingerprint density at radius 1 is 1.29 bits per heavy atom. The molecule has 14 heavy (non-hydrogen) atoms. The fourth-order valence-electron chi connectivity index (χ4n) is 2.51. The topological polar surface area (TPSA) is 15.3 Å². The van der Waals surface area contributed by atoms with Gasteiger partial charge in [0.1, 0.15) is 0 Å². The predicted octanol–water partition coefficient (Wildman–Crippen LogP) is 2.25. The van der Waals surface area contributed by atoms with Crippen LogP contribution in [0.4, 0.5) is 0 Å². The summed E-state index contributed by atoms with van der Waals surface area (Å²) in [5.74, 6) is 0. The van der Waals surface area contributed by atoms with Gasteiger partial charge in [0.15, 0.2) is 0 Å². The van der Waals surface area contributed by atoms with Crippen molar-refractivity contribution < 1.29 is 0 Å². The maximum absolute atomic E-state index is 3.40. The summed E-state index contributed by atoms with van der Waals surface area (Å²) in [6.07, 6.45) is 6.79. The SMILES string of the molecule is CCCCN(CC)C1CCC(NC)C1. The van der Waals surface area contributed by atoms with Crippen LogP contribution >= 0.6 is 0 Å². The van der Waals surface area contributed by atoms with Gasteiger partial charge in [-0.2, -0.15) is 0 Å². The fraction of sp³-hybridized carbons (Fsp3) is 1.00. The van der Waals surface area contributed by atoms with Gasteiger partial charge in [-0.05, 0) is 45.8 Å². The van der Waals surface area contributed by atoms with E-state index in [9.17, 15) is 0 Å². The van der Waals surface area contributed by atoms with Gasteiger partial charge in [-0.25, -0.2) is 0 Å². The summed E-state index contributed by atoms with van der Waals surface area (Å²) in [4.78, 5) is 2.67. The van der Waals surface area contributed by atoms with Crippen LogP contribution in [0.3, 0.4) is 0 Å². The molecule has 0 spiro atoms. The largest absolute Gasteiger partial charge is 0.317 e. The molecule has 0 heterocycles. The van der Waals surface area contributed by atoms with Gasteiger partial charge in [0.05, 0.1) is 0 Å². The Morgan fingerprint density at radius 3 is 2.57 bits per heavy atom.